The van der Waals surface area contributed by atoms with Crippen molar-refractivity contribution in [3.8, 4) is 0 Å². The van der Waals surface area contributed by atoms with E-state index in [2.05, 4.69) is 19.9 Å². The van der Waals surface area contributed by atoms with Crippen molar-refractivity contribution in [1.82, 2.24) is 19.3 Å². The molecule has 0 saturated carbocycles. The van der Waals surface area contributed by atoms with E-state index >= 15 is 0 Å². The summed E-state index contributed by atoms with van der Waals surface area (Å²) in [7, 11) is -3.18. The highest BCUT2D eigenvalue weighted by atomic mass is 32.2. The molecule has 2 aromatic rings. The van der Waals surface area contributed by atoms with Crippen molar-refractivity contribution < 1.29 is 8.42 Å². The highest BCUT2D eigenvalue weighted by Gasteiger charge is 2.33. The number of nitrogens with one attached hydrogen (secondary N) is 1. The average Bonchev–Trinajstić information content (AvgIpc) is 3.09. The van der Waals surface area contributed by atoms with Gasteiger partial charge in [-0.1, -0.05) is 0 Å². The number of sulfonamides is 1. The summed E-state index contributed by atoms with van der Waals surface area (Å²) >= 11 is 0. The van der Waals surface area contributed by atoms with E-state index in [0.717, 1.165) is 35.6 Å². The molecule has 1 N–H and O–H groups in total. The van der Waals surface area contributed by atoms with Crippen molar-refractivity contribution in [2.45, 2.75) is 18.9 Å². The van der Waals surface area contributed by atoms with Gasteiger partial charge in [0.05, 0.1) is 18.5 Å². The maximum absolute atomic E-state index is 12.0. The Morgan fingerprint density at radius 3 is 2.84 bits per heavy atom. The Bertz CT molecular complexity index is 892. The molecule has 25 heavy (non-hydrogen) atoms. The first kappa shape index (κ1) is 16.2. The van der Waals surface area contributed by atoms with E-state index in [1.165, 1.54) is 12.6 Å². The van der Waals surface area contributed by atoms with Crippen LogP contribution in [-0.4, -0.2) is 65.3 Å². The van der Waals surface area contributed by atoms with Crippen molar-refractivity contribution >= 4 is 27.2 Å². The quantitative estimate of drug-likeness (QED) is 0.887. The summed E-state index contributed by atoms with van der Waals surface area (Å²) in [5.41, 5.74) is 2.64. The topological polar surface area (TPSA) is 94.6 Å². The lowest BCUT2D eigenvalue weighted by Crippen LogP contribution is -2.51. The normalized spacial score (nSPS) is 21.7. The third-order valence-corrected chi connectivity index (χ3v) is 6.00. The van der Waals surface area contributed by atoms with Crippen LogP contribution >= 0.6 is 0 Å². The second-order valence-electron chi connectivity index (χ2n) is 6.44. The molecular formula is C16H20N6O2S. The lowest BCUT2D eigenvalue weighted by atomic mass is 10.0. The maximum Gasteiger partial charge on any atom is 0.211 e. The predicted molar refractivity (Wildman–Crippen MR) is 95.8 cm³/mol. The van der Waals surface area contributed by atoms with E-state index in [1.54, 1.807) is 16.7 Å². The van der Waals surface area contributed by atoms with Crippen LogP contribution in [0.3, 0.4) is 0 Å². The van der Waals surface area contributed by atoms with Crippen molar-refractivity contribution in [2.75, 3.05) is 30.8 Å². The van der Waals surface area contributed by atoms with Gasteiger partial charge in [-0.3, -0.25) is 0 Å². The van der Waals surface area contributed by atoms with Crippen LogP contribution in [0.1, 0.15) is 18.4 Å². The molecule has 0 bridgehead atoms. The number of hydrogen-bond donors (Lipinski definition) is 1. The lowest BCUT2D eigenvalue weighted by molar-refractivity contribution is 0.309. The van der Waals surface area contributed by atoms with Crippen LogP contribution < -0.4 is 4.90 Å². The molecule has 2 aliphatic heterocycles. The molecule has 4 heterocycles. The molecule has 8 nitrogen and oxygen atoms in total. The van der Waals surface area contributed by atoms with Gasteiger partial charge in [0.25, 0.3) is 0 Å². The standard InChI is InChI=1S/C16H20N6O2S/c1-25(23,24)21-6-2-3-13(9-21)22-10-15(12-7-17-11-18-8-12)20-14-4-5-19-16(14)22/h4-5,7-8,11,13,19H,2-3,6,9-10H2,1H3/t13-/m0/s1. The Labute approximate surface area is 146 Å². The average molecular weight is 360 g/mol. The van der Waals surface area contributed by atoms with Crippen LogP contribution in [0, 0.1) is 0 Å². The van der Waals surface area contributed by atoms with Crippen LogP contribution in [0.4, 0.5) is 11.5 Å². The number of aliphatic imine (C=N–C) groups is 1. The third-order valence-electron chi connectivity index (χ3n) is 4.73. The molecule has 2 aliphatic rings. The maximum atomic E-state index is 12.0. The number of fused-ring (bicyclic) bond motifs is 1. The van der Waals surface area contributed by atoms with Gasteiger partial charge in [0.2, 0.25) is 10.0 Å². The van der Waals surface area contributed by atoms with Gasteiger partial charge in [-0.15, -0.1) is 0 Å². The Hall–Kier alpha value is -2.26. The van der Waals surface area contributed by atoms with E-state index in [9.17, 15) is 8.42 Å². The molecule has 2 aromatic heterocycles. The smallest absolute Gasteiger partial charge is 0.211 e. The van der Waals surface area contributed by atoms with E-state index in [1.807, 2.05) is 12.3 Å². The second kappa shape index (κ2) is 6.23. The largest absolute Gasteiger partial charge is 0.346 e. The van der Waals surface area contributed by atoms with Crippen LogP contribution in [0.25, 0.3) is 0 Å². The Morgan fingerprint density at radius 1 is 1.28 bits per heavy atom. The number of anilines is 1. The van der Waals surface area contributed by atoms with Crippen LogP contribution in [0.15, 0.2) is 36.0 Å². The van der Waals surface area contributed by atoms with Crippen molar-refractivity contribution in [3.63, 3.8) is 0 Å². The van der Waals surface area contributed by atoms with Crippen molar-refractivity contribution in [2.24, 2.45) is 4.99 Å². The summed E-state index contributed by atoms with van der Waals surface area (Å²) < 4.78 is 25.5. The fourth-order valence-corrected chi connectivity index (χ4v) is 4.39. The zero-order chi connectivity index (χ0) is 17.4. The first-order valence-corrected chi connectivity index (χ1v) is 10.1. The molecule has 1 saturated heterocycles. The molecule has 0 amide bonds. The Morgan fingerprint density at radius 2 is 2.08 bits per heavy atom. The fourth-order valence-electron chi connectivity index (χ4n) is 3.49. The molecule has 0 spiro atoms. The van der Waals surface area contributed by atoms with E-state index in [-0.39, 0.29) is 6.04 Å². The number of aromatic amines is 1. The van der Waals surface area contributed by atoms with Gasteiger partial charge >= 0.3 is 0 Å². The Kier molecular flexibility index (Phi) is 4.04. The zero-order valence-electron chi connectivity index (χ0n) is 14.0. The van der Waals surface area contributed by atoms with Crippen LogP contribution in [0.5, 0.6) is 0 Å². The molecule has 0 aliphatic carbocycles. The van der Waals surface area contributed by atoms with Gasteiger partial charge < -0.3 is 9.88 Å². The molecule has 0 unspecified atom stereocenters. The molecule has 1 atom stereocenters. The van der Waals surface area contributed by atoms with Gasteiger partial charge in [-0.05, 0) is 18.9 Å². The Balaban J connectivity index is 1.65. The van der Waals surface area contributed by atoms with E-state index in [4.69, 9.17) is 4.99 Å². The molecule has 132 valence electrons. The number of rotatable bonds is 3. The fraction of sp³-hybridized carbons (Fsp3) is 0.438. The summed E-state index contributed by atoms with van der Waals surface area (Å²) in [6.07, 6.45) is 9.95. The molecule has 1 fully saturated rings. The monoisotopic (exact) mass is 360 g/mol. The number of H-pyrrole nitrogens is 1. The number of nitrogens with zero attached hydrogens (tertiary/aromatic N) is 5. The summed E-state index contributed by atoms with van der Waals surface area (Å²) in [5, 5.41) is 0. The van der Waals surface area contributed by atoms with Gasteiger partial charge in [0.1, 0.15) is 17.8 Å². The summed E-state index contributed by atoms with van der Waals surface area (Å²) in [6.45, 7) is 1.69. The van der Waals surface area contributed by atoms with Gasteiger partial charge in [-0.25, -0.2) is 27.7 Å². The highest BCUT2D eigenvalue weighted by Crippen LogP contribution is 2.35. The van der Waals surface area contributed by atoms with Gasteiger partial charge in [-0.2, -0.15) is 0 Å². The van der Waals surface area contributed by atoms with Gasteiger partial charge in [0.15, 0.2) is 0 Å². The minimum absolute atomic E-state index is 0.107. The number of aromatic nitrogens is 3. The number of hydrogen-bond acceptors (Lipinski definition) is 6. The summed E-state index contributed by atoms with van der Waals surface area (Å²) in [6, 6.07) is 2.04. The number of piperidine rings is 1. The molecule has 0 aromatic carbocycles. The van der Waals surface area contributed by atoms with E-state index in [0.29, 0.717) is 19.6 Å². The SMILES string of the molecule is CS(=O)(=O)N1CCC[C@H](N2CC(c3cncnc3)=Nc3cc[nH]c32)C1. The van der Waals surface area contributed by atoms with E-state index < -0.39 is 10.0 Å². The first-order valence-electron chi connectivity index (χ1n) is 8.24. The van der Waals surface area contributed by atoms with Crippen LogP contribution in [0.2, 0.25) is 0 Å². The molecule has 9 heteroatoms. The lowest BCUT2D eigenvalue weighted by Gasteiger charge is -2.40. The van der Waals surface area contributed by atoms with Gasteiger partial charge in [0, 0.05) is 43.3 Å². The molecular weight excluding hydrogens is 340 g/mol. The minimum Gasteiger partial charge on any atom is -0.346 e. The highest BCUT2D eigenvalue weighted by molar-refractivity contribution is 7.88. The predicted octanol–water partition coefficient (Wildman–Crippen LogP) is 1.17. The summed E-state index contributed by atoms with van der Waals surface area (Å²) in [4.78, 5) is 18.4. The third kappa shape index (κ3) is 3.16. The van der Waals surface area contributed by atoms with Crippen LogP contribution in [-0.2, 0) is 10.0 Å². The van der Waals surface area contributed by atoms with Crippen molar-refractivity contribution in [3.05, 3.63) is 36.5 Å². The second-order valence-corrected chi connectivity index (χ2v) is 8.42. The molecule has 0 radical (unpaired) electrons. The minimum atomic E-state index is -3.18. The van der Waals surface area contributed by atoms with Crippen molar-refractivity contribution in [1.29, 1.82) is 0 Å². The first-order chi connectivity index (χ1) is 12.0. The zero-order valence-corrected chi connectivity index (χ0v) is 14.8. The summed E-state index contributed by atoms with van der Waals surface area (Å²) in [5.74, 6) is 0.945. The molecule has 4 rings (SSSR count).